The molecule has 0 atom stereocenters. The second kappa shape index (κ2) is 2.91. The second-order valence-electron chi connectivity index (χ2n) is 3.89. The van der Waals surface area contributed by atoms with Crippen molar-refractivity contribution in [2.45, 2.75) is 26.7 Å². The van der Waals surface area contributed by atoms with Crippen LogP contribution in [0.2, 0.25) is 0 Å². The molecule has 0 aliphatic heterocycles. The van der Waals surface area contributed by atoms with E-state index in [9.17, 15) is 0 Å². The lowest BCUT2D eigenvalue weighted by atomic mass is 9.96. The zero-order chi connectivity index (χ0) is 9.42. The Kier molecular flexibility index (Phi) is 1.87. The summed E-state index contributed by atoms with van der Waals surface area (Å²) in [6.45, 7) is 6.65. The molecule has 2 aromatic rings. The molecule has 1 nitrogen and oxygen atoms in total. The number of rotatable bonds is 1. The SMILES string of the molecule is Cc1ccc2cc[nH]c2c1C(C)C. The number of hydrogen-bond acceptors (Lipinski definition) is 0. The number of aromatic nitrogens is 1. The van der Waals surface area contributed by atoms with Crippen LogP contribution in [0.15, 0.2) is 24.4 Å². The Hall–Kier alpha value is -1.24. The van der Waals surface area contributed by atoms with Crippen molar-refractivity contribution < 1.29 is 0 Å². The third-order valence-electron chi connectivity index (χ3n) is 2.56. The van der Waals surface area contributed by atoms with Crippen LogP contribution < -0.4 is 0 Å². The molecule has 1 heteroatoms. The smallest absolute Gasteiger partial charge is 0.0491 e. The molecule has 1 N–H and O–H groups in total. The van der Waals surface area contributed by atoms with Crippen molar-refractivity contribution in [1.82, 2.24) is 4.98 Å². The summed E-state index contributed by atoms with van der Waals surface area (Å²) in [6.07, 6.45) is 2.01. The van der Waals surface area contributed by atoms with Gasteiger partial charge < -0.3 is 4.98 Å². The van der Waals surface area contributed by atoms with Gasteiger partial charge in [-0.1, -0.05) is 26.0 Å². The summed E-state index contributed by atoms with van der Waals surface area (Å²) in [7, 11) is 0. The molecule has 13 heavy (non-hydrogen) atoms. The lowest BCUT2D eigenvalue weighted by molar-refractivity contribution is 0.864. The maximum Gasteiger partial charge on any atom is 0.0491 e. The average molecular weight is 173 g/mol. The third kappa shape index (κ3) is 1.24. The normalized spacial score (nSPS) is 11.4. The highest BCUT2D eigenvalue weighted by Crippen LogP contribution is 2.27. The molecule has 0 fully saturated rings. The van der Waals surface area contributed by atoms with Gasteiger partial charge in [0.2, 0.25) is 0 Å². The van der Waals surface area contributed by atoms with E-state index in [-0.39, 0.29) is 0 Å². The van der Waals surface area contributed by atoms with E-state index in [2.05, 4.69) is 44.0 Å². The van der Waals surface area contributed by atoms with Gasteiger partial charge in [-0.2, -0.15) is 0 Å². The fraction of sp³-hybridized carbons (Fsp3) is 0.333. The summed E-state index contributed by atoms with van der Waals surface area (Å²) in [4.78, 5) is 3.31. The van der Waals surface area contributed by atoms with Crippen LogP contribution in [0.4, 0.5) is 0 Å². The van der Waals surface area contributed by atoms with Crippen LogP contribution in [0.25, 0.3) is 10.9 Å². The first-order valence-electron chi connectivity index (χ1n) is 4.76. The van der Waals surface area contributed by atoms with Crippen LogP contribution >= 0.6 is 0 Å². The first kappa shape index (κ1) is 8.36. The van der Waals surface area contributed by atoms with Crippen molar-refractivity contribution in [2.24, 2.45) is 0 Å². The van der Waals surface area contributed by atoms with Crippen molar-refractivity contribution in [1.29, 1.82) is 0 Å². The monoisotopic (exact) mass is 173 g/mol. The van der Waals surface area contributed by atoms with Crippen molar-refractivity contribution in [3.63, 3.8) is 0 Å². The Morgan fingerprint density at radius 3 is 2.62 bits per heavy atom. The van der Waals surface area contributed by atoms with Gasteiger partial charge in [0.25, 0.3) is 0 Å². The Bertz CT molecular complexity index is 424. The van der Waals surface area contributed by atoms with Gasteiger partial charge in [0, 0.05) is 11.7 Å². The molecule has 1 heterocycles. The molecule has 0 saturated heterocycles. The highest BCUT2D eigenvalue weighted by molar-refractivity contribution is 5.84. The second-order valence-corrected chi connectivity index (χ2v) is 3.89. The highest BCUT2D eigenvalue weighted by Gasteiger charge is 2.08. The molecule has 1 aromatic carbocycles. The van der Waals surface area contributed by atoms with E-state index in [0.717, 1.165) is 0 Å². The van der Waals surface area contributed by atoms with Gasteiger partial charge in [-0.15, -0.1) is 0 Å². The number of aryl methyl sites for hydroxylation is 1. The first-order chi connectivity index (χ1) is 6.20. The molecule has 68 valence electrons. The van der Waals surface area contributed by atoms with Crippen molar-refractivity contribution in [3.8, 4) is 0 Å². The quantitative estimate of drug-likeness (QED) is 0.678. The number of H-pyrrole nitrogens is 1. The van der Waals surface area contributed by atoms with E-state index >= 15 is 0 Å². The number of benzene rings is 1. The fourth-order valence-electron chi connectivity index (χ4n) is 2.00. The standard InChI is InChI=1S/C12H15N/c1-8(2)11-9(3)4-5-10-6-7-13-12(10)11/h4-8,13H,1-3H3. The third-order valence-corrected chi connectivity index (χ3v) is 2.56. The van der Waals surface area contributed by atoms with Crippen LogP contribution in [0.3, 0.4) is 0 Å². The summed E-state index contributed by atoms with van der Waals surface area (Å²) in [6, 6.07) is 6.50. The number of fused-ring (bicyclic) bond motifs is 1. The van der Waals surface area contributed by atoms with Gasteiger partial charge >= 0.3 is 0 Å². The minimum atomic E-state index is 0.586. The predicted molar refractivity (Wildman–Crippen MR) is 57.1 cm³/mol. The van der Waals surface area contributed by atoms with E-state index in [1.807, 2.05) is 6.20 Å². The summed E-state index contributed by atoms with van der Waals surface area (Å²) < 4.78 is 0. The van der Waals surface area contributed by atoms with E-state index in [0.29, 0.717) is 5.92 Å². The van der Waals surface area contributed by atoms with Gasteiger partial charge in [-0.25, -0.2) is 0 Å². The molecule has 0 amide bonds. The maximum atomic E-state index is 3.31. The molecule has 0 radical (unpaired) electrons. The maximum absolute atomic E-state index is 3.31. The van der Waals surface area contributed by atoms with Gasteiger partial charge in [0.15, 0.2) is 0 Å². The summed E-state index contributed by atoms with van der Waals surface area (Å²) >= 11 is 0. The van der Waals surface area contributed by atoms with Gasteiger partial charge in [-0.05, 0) is 35.4 Å². The van der Waals surface area contributed by atoms with E-state index in [1.165, 1.54) is 22.0 Å². The number of hydrogen-bond donors (Lipinski definition) is 1. The van der Waals surface area contributed by atoms with Crippen molar-refractivity contribution in [2.75, 3.05) is 0 Å². The fourth-order valence-corrected chi connectivity index (χ4v) is 2.00. The Morgan fingerprint density at radius 1 is 1.15 bits per heavy atom. The molecular formula is C12H15N. The Labute approximate surface area is 78.8 Å². The molecule has 0 aliphatic rings. The Morgan fingerprint density at radius 2 is 1.92 bits per heavy atom. The largest absolute Gasteiger partial charge is 0.361 e. The molecule has 0 bridgehead atoms. The van der Waals surface area contributed by atoms with Crippen LogP contribution in [0.1, 0.15) is 30.9 Å². The van der Waals surface area contributed by atoms with Gasteiger partial charge in [0.05, 0.1) is 0 Å². The van der Waals surface area contributed by atoms with E-state index < -0.39 is 0 Å². The van der Waals surface area contributed by atoms with Crippen LogP contribution in [0, 0.1) is 6.92 Å². The summed E-state index contributed by atoms with van der Waals surface area (Å²) in [5.74, 6) is 0.586. The minimum Gasteiger partial charge on any atom is -0.361 e. The zero-order valence-electron chi connectivity index (χ0n) is 8.39. The molecule has 0 unspecified atom stereocenters. The van der Waals surface area contributed by atoms with Crippen LogP contribution in [-0.2, 0) is 0 Å². The van der Waals surface area contributed by atoms with Crippen molar-refractivity contribution in [3.05, 3.63) is 35.5 Å². The lowest BCUT2D eigenvalue weighted by Crippen LogP contribution is -1.93. The van der Waals surface area contributed by atoms with Crippen LogP contribution in [-0.4, -0.2) is 4.98 Å². The predicted octanol–water partition coefficient (Wildman–Crippen LogP) is 3.60. The molecule has 1 aromatic heterocycles. The minimum absolute atomic E-state index is 0.586. The van der Waals surface area contributed by atoms with Crippen LogP contribution in [0.5, 0.6) is 0 Å². The number of nitrogens with one attached hydrogen (secondary N) is 1. The summed E-state index contributed by atoms with van der Waals surface area (Å²) in [5.41, 5.74) is 4.13. The molecule has 0 saturated carbocycles. The molecule has 0 spiro atoms. The van der Waals surface area contributed by atoms with Gasteiger partial charge in [0.1, 0.15) is 0 Å². The molecular weight excluding hydrogens is 158 g/mol. The Balaban J connectivity index is 2.80. The summed E-state index contributed by atoms with van der Waals surface area (Å²) in [5, 5.41) is 1.31. The number of aromatic amines is 1. The topological polar surface area (TPSA) is 15.8 Å². The van der Waals surface area contributed by atoms with E-state index in [4.69, 9.17) is 0 Å². The first-order valence-corrected chi connectivity index (χ1v) is 4.76. The molecule has 0 aliphatic carbocycles. The van der Waals surface area contributed by atoms with E-state index in [1.54, 1.807) is 0 Å². The molecule has 2 rings (SSSR count). The lowest BCUT2D eigenvalue weighted by Gasteiger charge is -2.10. The van der Waals surface area contributed by atoms with Crippen molar-refractivity contribution >= 4 is 10.9 Å². The highest BCUT2D eigenvalue weighted by atomic mass is 14.7. The van der Waals surface area contributed by atoms with Gasteiger partial charge in [-0.3, -0.25) is 0 Å². The zero-order valence-corrected chi connectivity index (χ0v) is 8.39. The average Bonchev–Trinajstić information content (AvgIpc) is 2.50.